The quantitative estimate of drug-likeness (QED) is 0.851. The molecule has 0 aromatic heterocycles. The van der Waals surface area contributed by atoms with E-state index in [2.05, 4.69) is 5.32 Å². The number of alkyl carbamates (subject to hydrolysis) is 1. The van der Waals surface area contributed by atoms with Crippen LogP contribution in [-0.2, 0) is 16.1 Å². The summed E-state index contributed by atoms with van der Waals surface area (Å²) >= 11 is 0. The summed E-state index contributed by atoms with van der Waals surface area (Å²) in [4.78, 5) is 36.8. The van der Waals surface area contributed by atoms with Gasteiger partial charge in [-0.1, -0.05) is 12.1 Å². The zero-order chi connectivity index (χ0) is 18.4. The molecule has 1 heterocycles. The highest BCUT2D eigenvalue weighted by molar-refractivity contribution is 5.94. The van der Waals surface area contributed by atoms with Crippen LogP contribution in [0.25, 0.3) is 0 Å². The van der Waals surface area contributed by atoms with Gasteiger partial charge in [0.05, 0.1) is 0 Å². The second-order valence-electron chi connectivity index (χ2n) is 7.34. The molecule has 1 aliphatic heterocycles. The molecule has 1 aromatic rings. The zero-order valence-corrected chi connectivity index (χ0v) is 15.1. The van der Waals surface area contributed by atoms with Crippen molar-refractivity contribution < 1.29 is 19.1 Å². The minimum absolute atomic E-state index is 0.0572. The summed E-state index contributed by atoms with van der Waals surface area (Å²) in [7, 11) is 0. The summed E-state index contributed by atoms with van der Waals surface area (Å²) in [5.74, 6) is -0.117. The molecule has 25 heavy (non-hydrogen) atoms. The molecular formula is C19H26N2O4. The second kappa shape index (κ2) is 8.14. The van der Waals surface area contributed by atoms with Gasteiger partial charge in [-0.05, 0) is 51.3 Å². The summed E-state index contributed by atoms with van der Waals surface area (Å²) in [6, 6.07) is 7.12. The van der Waals surface area contributed by atoms with E-state index in [0.29, 0.717) is 25.2 Å². The first-order valence-corrected chi connectivity index (χ1v) is 8.59. The fraction of sp³-hybridized carbons (Fsp3) is 0.526. The summed E-state index contributed by atoms with van der Waals surface area (Å²) < 4.78 is 5.18. The third-order valence-electron chi connectivity index (χ3n) is 3.97. The number of rotatable bonds is 4. The van der Waals surface area contributed by atoms with Crippen molar-refractivity contribution in [2.24, 2.45) is 5.92 Å². The van der Waals surface area contributed by atoms with Crippen molar-refractivity contribution in [3.8, 4) is 0 Å². The van der Waals surface area contributed by atoms with Crippen LogP contribution in [0.15, 0.2) is 24.3 Å². The molecule has 0 aliphatic carbocycles. The lowest BCUT2D eigenvalue weighted by Gasteiger charge is -2.30. The van der Waals surface area contributed by atoms with Gasteiger partial charge in [0, 0.05) is 31.1 Å². The van der Waals surface area contributed by atoms with Crippen LogP contribution in [-0.4, -0.2) is 41.9 Å². The number of piperidine rings is 1. The van der Waals surface area contributed by atoms with Crippen LogP contribution in [0.3, 0.4) is 0 Å². The number of carbonyl (C=O) groups excluding carboxylic acids is 3. The molecule has 1 saturated heterocycles. The van der Waals surface area contributed by atoms with E-state index >= 15 is 0 Å². The van der Waals surface area contributed by atoms with Crippen LogP contribution in [0.2, 0.25) is 0 Å². The second-order valence-corrected chi connectivity index (χ2v) is 7.34. The maximum Gasteiger partial charge on any atom is 0.407 e. The summed E-state index contributed by atoms with van der Waals surface area (Å²) in [5.41, 5.74) is 0.938. The topological polar surface area (TPSA) is 75.7 Å². The highest BCUT2D eigenvalue weighted by Gasteiger charge is 2.24. The molecule has 6 nitrogen and oxygen atoms in total. The van der Waals surface area contributed by atoms with Crippen LogP contribution < -0.4 is 5.32 Å². The Balaban J connectivity index is 1.90. The Hall–Kier alpha value is -2.37. The highest BCUT2D eigenvalue weighted by Crippen LogP contribution is 2.17. The molecule has 136 valence electrons. The van der Waals surface area contributed by atoms with Gasteiger partial charge in [-0.2, -0.15) is 0 Å². The predicted octanol–water partition coefficient (Wildman–Crippen LogP) is 2.76. The molecule has 0 saturated carbocycles. The highest BCUT2D eigenvalue weighted by atomic mass is 16.6. The average Bonchev–Trinajstić information content (AvgIpc) is 2.58. The summed E-state index contributed by atoms with van der Waals surface area (Å²) in [5, 5.41) is 2.69. The van der Waals surface area contributed by atoms with Crippen molar-refractivity contribution in [1.29, 1.82) is 0 Å². The van der Waals surface area contributed by atoms with E-state index in [9.17, 15) is 14.4 Å². The molecule has 0 bridgehead atoms. The number of carbonyl (C=O) groups is 3. The molecule has 1 N–H and O–H groups in total. The van der Waals surface area contributed by atoms with Gasteiger partial charge in [0.15, 0.2) is 0 Å². The van der Waals surface area contributed by atoms with Gasteiger partial charge >= 0.3 is 6.09 Å². The number of nitrogens with zero attached hydrogens (tertiary/aromatic N) is 1. The summed E-state index contributed by atoms with van der Waals surface area (Å²) in [6.45, 7) is 6.93. The fourth-order valence-electron chi connectivity index (χ4n) is 2.74. The molecule has 1 fully saturated rings. The van der Waals surface area contributed by atoms with Crippen molar-refractivity contribution >= 4 is 18.3 Å². The van der Waals surface area contributed by atoms with Crippen molar-refractivity contribution in [2.75, 3.05) is 13.1 Å². The molecule has 6 heteroatoms. The smallest absolute Gasteiger partial charge is 0.407 e. The molecule has 0 unspecified atom stereocenters. The molecule has 1 aliphatic rings. The molecule has 2 amide bonds. The van der Waals surface area contributed by atoms with E-state index in [4.69, 9.17) is 4.74 Å². The Kier molecular flexibility index (Phi) is 6.17. The van der Waals surface area contributed by atoms with Gasteiger partial charge in [0.2, 0.25) is 0 Å². The van der Waals surface area contributed by atoms with E-state index < -0.39 is 11.7 Å². The van der Waals surface area contributed by atoms with Gasteiger partial charge < -0.3 is 19.7 Å². The van der Waals surface area contributed by atoms with Gasteiger partial charge in [0.25, 0.3) is 5.91 Å². The third-order valence-corrected chi connectivity index (χ3v) is 3.97. The predicted molar refractivity (Wildman–Crippen MR) is 94.2 cm³/mol. The van der Waals surface area contributed by atoms with E-state index in [1.807, 2.05) is 32.9 Å². The number of likely N-dealkylation sites (tertiary alicyclic amines) is 1. The Morgan fingerprint density at radius 1 is 1.28 bits per heavy atom. The molecule has 1 atom stereocenters. The van der Waals surface area contributed by atoms with E-state index in [-0.39, 0.29) is 11.8 Å². The zero-order valence-electron chi connectivity index (χ0n) is 15.1. The van der Waals surface area contributed by atoms with Gasteiger partial charge in [-0.3, -0.25) is 4.79 Å². The lowest BCUT2D eigenvalue weighted by atomic mass is 9.99. The van der Waals surface area contributed by atoms with E-state index in [0.717, 1.165) is 24.7 Å². The first-order chi connectivity index (χ1) is 11.8. The lowest BCUT2D eigenvalue weighted by molar-refractivity contribution is -0.112. The molecular weight excluding hydrogens is 320 g/mol. The van der Waals surface area contributed by atoms with E-state index in [1.165, 1.54) is 0 Å². The number of amides is 2. The van der Waals surface area contributed by atoms with Crippen LogP contribution in [0.5, 0.6) is 0 Å². The van der Waals surface area contributed by atoms with Crippen LogP contribution in [0.4, 0.5) is 4.79 Å². The largest absolute Gasteiger partial charge is 0.444 e. The van der Waals surface area contributed by atoms with Crippen LogP contribution in [0, 0.1) is 5.92 Å². The third kappa shape index (κ3) is 5.89. The average molecular weight is 346 g/mol. The van der Waals surface area contributed by atoms with Crippen molar-refractivity contribution in [1.82, 2.24) is 10.2 Å². The fourth-order valence-corrected chi connectivity index (χ4v) is 2.74. The van der Waals surface area contributed by atoms with Gasteiger partial charge in [0.1, 0.15) is 11.9 Å². The maximum absolute atomic E-state index is 12.5. The number of hydrogen-bond donors (Lipinski definition) is 1. The van der Waals surface area contributed by atoms with Crippen molar-refractivity contribution in [2.45, 2.75) is 45.8 Å². The number of nitrogens with one attached hydrogen (secondary N) is 1. The standard InChI is InChI=1S/C19H26N2O4/c1-19(2,3)25-18(24)20-11-14-6-8-16(9-7-14)17(23)21-10-4-5-15(12-21)13-22/h6-9,13,15H,4-5,10-12H2,1-3H3,(H,20,24)/t15-/m0/s1. The minimum Gasteiger partial charge on any atom is -0.444 e. The van der Waals surface area contributed by atoms with E-state index in [1.54, 1.807) is 17.0 Å². The van der Waals surface area contributed by atoms with Crippen molar-refractivity contribution in [3.63, 3.8) is 0 Å². The first-order valence-electron chi connectivity index (χ1n) is 8.59. The molecule has 1 aromatic carbocycles. The molecule has 2 rings (SSSR count). The minimum atomic E-state index is -0.534. The Morgan fingerprint density at radius 2 is 1.96 bits per heavy atom. The SMILES string of the molecule is CC(C)(C)OC(=O)NCc1ccc(C(=O)N2CCC[C@H](C=O)C2)cc1. The summed E-state index contributed by atoms with van der Waals surface area (Å²) in [6.07, 6.45) is 2.17. The number of hydrogen-bond acceptors (Lipinski definition) is 4. The van der Waals surface area contributed by atoms with Crippen LogP contribution >= 0.6 is 0 Å². The van der Waals surface area contributed by atoms with Gasteiger partial charge in [-0.25, -0.2) is 4.79 Å². The van der Waals surface area contributed by atoms with Gasteiger partial charge in [-0.15, -0.1) is 0 Å². The Bertz CT molecular complexity index is 619. The maximum atomic E-state index is 12.5. The normalized spacial score (nSPS) is 17.7. The number of ether oxygens (including phenoxy) is 1. The molecule has 0 radical (unpaired) electrons. The molecule has 0 spiro atoms. The Morgan fingerprint density at radius 3 is 2.56 bits per heavy atom. The first kappa shape index (κ1) is 19.0. The van der Waals surface area contributed by atoms with Crippen molar-refractivity contribution in [3.05, 3.63) is 35.4 Å². The number of aldehydes is 1. The van der Waals surface area contributed by atoms with Crippen LogP contribution in [0.1, 0.15) is 49.5 Å². The lowest BCUT2D eigenvalue weighted by Crippen LogP contribution is -2.40. The monoisotopic (exact) mass is 346 g/mol. The Labute approximate surface area is 148 Å². The number of benzene rings is 1.